The zero-order chi connectivity index (χ0) is 74.7. The molecular weight excluding hydrogens is 1420 g/mol. The van der Waals surface area contributed by atoms with Gasteiger partial charge < -0.3 is 56.8 Å². The maximum atomic E-state index is 13.3. The van der Waals surface area contributed by atoms with Crippen LogP contribution >= 0.6 is 34.8 Å². The zero-order valence-electron chi connectivity index (χ0n) is 62.8. The van der Waals surface area contributed by atoms with E-state index in [2.05, 4.69) is 62.7 Å². The number of hydrogen-bond donors (Lipinski definition) is 0. The number of nitrogens with zero attached hydrogens (tertiary/aromatic N) is 8. The second-order valence-electron chi connectivity index (χ2n) is 29.2. The van der Waals surface area contributed by atoms with Crippen LogP contribution in [-0.2, 0) is 19.6 Å². The summed E-state index contributed by atoms with van der Waals surface area (Å²) in [4.78, 5) is 51.6. The summed E-state index contributed by atoms with van der Waals surface area (Å²) in [5, 5.41) is 5.18. The van der Waals surface area contributed by atoms with E-state index in [4.69, 9.17) is 63.2 Å². The van der Waals surface area contributed by atoms with Crippen LogP contribution < -0.4 is 28.4 Å². The van der Waals surface area contributed by atoms with E-state index in [0.717, 1.165) is 281 Å². The van der Waals surface area contributed by atoms with Crippen LogP contribution in [0.15, 0.2) is 176 Å². The average Bonchev–Trinajstić information content (AvgIpc) is 1.63. The molecule has 0 unspecified atom stereocenters. The number of hydrogen-bond acceptors (Lipinski definition) is 14. The van der Waals surface area contributed by atoms with Crippen molar-refractivity contribution in [1.29, 1.82) is 0 Å². The van der Waals surface area contributed by atoms with Crippen molar-refractivity contribution in [1.82, 2.24) is 38.2 Å². The second-order valence-corrected chi connectivity index (χ2v) is 30.5. The first kappa shape index (κ1) is 77.8. The molecule has 0 radical (unpaired) electrons. The van der Waals surface area contributed by atoms with E-state index in [1.54, 1.807) is 21.3 Å². The minimum atomic E-state index is 0.0405. The number of rotatable bonds is 33. The Balaban J connectivity index is 0.000000143. The van der Waals surface area contributed by atoms with Gasteiger partial charge in [0.25, 0.3) is 0 Å². The lowest BCUT2D eigenvalue weighted by molar-refractivity contribution is 0.0961. The molecule has 0 amide bonds. The van der Waals surface area contributed by atoms with Crippen molar-refractivity contribution in [3.8, 4) is 34.5 Å². The van der Waals surface area contributed by atoms with E-state index in [1.165, 1.54) is 12.8 Å². The van der Waals surface area contributed by atoms with Gasteiger partial charge in [-0.05, 0) is 194 Å². The summed E-state index contributed by atoms with van der Waals surface area (Å²) >= 11 is 17.8. The van der Waals surface area contributed by atoms with Crippen LogP contribution in [0.2, 0.25) is 15.1 Å². The summed E-state index contributed by atoms with van der Waals surface area (Å²) in [7, 11) is 5.10. The molecule has 0 atom stereocenters. The lowest BCUT2D eigenvalue weighted by Gasteiger charge is -2.34. The first-order valence-electron chi connectivity index (χ1n) is 38.8. The SMILES string of the molecule is COc1cccc2c(C(=O)C3CC3)cn(CCCN3CCC(CCOc4ccc(Cl)cc4)CC3)c12.COc1cccc2c(C(=O)C3CC3)cn(CCCN3CCN(CCOc4ccc(Cl)cc4)CC3)c12.COc1cccc2c(C(=O)c3ccccc3)cn(CCCN3CCN(CCOc4ccc(Cl)cc4)CC3)c12. The standard InChI is InChI=1S/C31H34ClN3O3.C29H35ClN2O3.C28H34ClN3O3/c1-37-29-10-5-9-27-28(31(36)24-7-3-2-4-8-24)23-35(30(27)29)16-6-15-33-17-19-34(20-18-33)21-22-38-26-13-11-25(32)12-14-26;1-34-27-5-2-4-25-26(29(33)22-6-7-22)20-32(28(25)27)16-3-15-31-17-12-21(13-18-31)14-19-35-24-10-8-23(30)9-11-24;1-34-26-5-2-4-24-25(28(33)21-6-7-21)20-32(27(24)26)13-3-12-30-14-16-31(17-15-30)18-19-35-23-10-8-22(29)9-11-23/h2-5,7-14,23H,6,15-22H2,1H3;2,4-5,8-11,20-22H,3,6-7,12-19H2,1H3;2,4-5,8-11,20-21H,3,6-7,12-19H2,1H3. The summed E-state index contributed by atoms with van der Waals surface area (Å²) in [6, 6.07) is 50.1. The van der Waals surface area contributed by atoms with Gasteiger partial charge in [-0.3, -0.25) is 24.2 Å². The van der Waals surface area contributed by atoms with E-state index >= 15 is 0 Å². The predicted octanol–water partition coefficient (Wildman–Crippen LogP) is 17.1. The summed E-state index contributed by atoms with van der Waals surface area (Å²) in [6.07, 6.45) is 16.9. The molecule has 6 heterocycles. The quantitative estimate of drug-likeness (QED) is 0.0361. The third-order valence-electron chi connectivity index (χ3n) is 21.8. The molecule has 5 aliphatic rings. The maximum Gasteiger partial charge on any atom is 0.195 e. The molecule has 15 rings (SSSR count). The molecule has 3 saturated heterocycles. The van der Waals surface area contributed by atoms with Gasteiger partial charge in [0.1, 0.15) is 47.7 Å². The first-order valence-corrected chi connectivity index (χ1v) is 39.9. The third kappa shape index (κ3) is 20.7. The van der Waals surface area contributed by atoms with Gasteiger partial charge in [0.2, 0.25) is 0 Å². The monoisotopic (exact) mass is 1520 g/mol. The highest BCUT2D eigenvalue weighted by Gasteiger charge is 2.34. The van der Waals surface area contributed by atoms with Crippen LogP contribution in [0.25, 0.3) is 32.7 Å². The van der Waals surface area contributed by atoms with Crippen molar-refractivity contribution in [2.24, 2.45) is 17.8 Å². The Morgan fingerprint density at radius 1 is 0.352 bits per heavy atom. The number of piperidine rings is 1. The summed E-state index contributed by atoms with van der Waals surface area (Å²) < 4.78 is 41.2. The molecule has 0 spiro atoms. The molecule has 2 aliphatic carbocycles. The molecule has 3 aliphatic heterocycles. The number of likely N-dealkylation sites (tertiary alicyclic amines) is 1. The van der Waals surface area contributed by atoms with Gasteiger partial charge in [-0.25, -0.2) is 0 Å². The van der Waals surface area contributed by atoms with Gasteiger partial charge >= 0.3 is 0 Å². The Morgan fingerprint density at radius 2 is 0.685 bits per heavy atom. The number of ether oxygens (including phenoxy) is 6. The van der Waals surface area contributed by atoms with Crippen molar-refractivity contribution in [3.63, 3.8) is 0 Å². The van der Waals surface area contributed by atoms with Crippen molar-refractivity contribution < 1.29 is 42.8 Å². The molecule has 108 heavy (non-hydrogen) atoms. The van der Waals surface area contributed by atoms with Crippen LogP contribution in [-0.4, -0.2) is 195 Å². The number of carbonyl (C=O) groups excluding carboxylic acids is 3. The number of fused-ring (bicyclic) bond motifs is 3. The normalized spacial score (nSPS) is 16.2. The topological polar surface area (TPSA) is 138 Å². The number of halogens is 3. The fourth-order valence-electron chi connectivity index (χ4n) is 15.3. The highest BCUT2D eigenvalue weighted by atomic mass is 35.5. The van der Waals surface area contributed by atoms with Gasteiger partial charge in [-0.1, -0.05) is 102 Å². The molecule has 2 saturated carbocycles. The number of Topliss-reactive ketones (excluding diaryl/α,β-unsaturated/α-hetero) is 2. The predicted molar refractivity (Wildman–Crippen MR) is 434 cm³/mol. The van der Waals surface area contributed by atoms with E-state index in [9.17, 15) is 14.4 Å². The Kier molecular flexibility index (Phi) is 27.6. The molecule has 5 fully saturated rings. The van der Waals surface area contributed by atoms with Crippen molar-refractivity contribution >= 4 is 84.9 Å². The molecule has 17 nitrogen and oxygen atoms in total. The minimum Gasteiger partial charge on any atom is -0.495 e. The number of methoxy groups -OCH3 is 3. The number of benzene rings is 7. The third-order valence-corrected chi connectivity index (χ3v) is 22.6. The summed E-state index contributed by atoms with van der Waals surface area (Å²) in [6.45, 7) is 20.5. The molecule has 7 aromatic carbocycles. The van der Waals surface area contributed by atoms with E-state index < -0.39 is 0 Å². The molecule has 10 aromatic rings. The lowest BCUT2D eigenvalue weighted by atomic mass is 9.94. The van der Waals surface area contributed by atoms with Crippen LogP contribution in [0.3, 0.4) is 0 Å². The van der Waals surface area contributed by atoms with E-state index in [-0.39, 0.29) is 23.4 Å². The Bertz CT molecular complexity index is 4370. The summed E-state index contributed by atoms with van der Waals surface area (Å²) in [5.74, 6) is 6.89. The number of piperazine rings is 2. The van der Waals surface area contributed by atoms with Crippen molar-refractivity contribution in [3.05, 3.63) is 214 Å². The minimum absolute atomic E-state index is 0.0405. The fraction of sp³-hybridized carbons (Fsp3) is 0.420. The molecule has 570 valence electrons. The Hall–Kier alpha value is -8.36. The van der Waals surface area contributed by atoms with Gasteiger partial charge in [0, 0.05) is 169 Å². The number of aryl methyl sites for hydroxylation is 3. The highest BCUT2D eigenvalue weighted by Crippen LogP contribution is 2.40. The molecule has 20 heteroatoms. The first-order chi connectivity index (χ1) is 52.9. The molecule has 3 aromatic heterocycles. The number of aromatic nitrogens is 3. The maximum absolute atomic E-state index is 13.3. The Labute approximate surface area is 651 Å². The second kappa shape index (κ2) is 38.3. The van der Waals surface area contributed by atoms with Gasteiger partial charge in [0.15, 0.2) is 17.3 Å². The fourth-order valence-corrected chi connectivity index (χ4v) is 15.7. The molecule has 0 bridgehead atoms. The molecular formula is C88H103Cl3N8O9. The van der Waals surface area contributed by atoms with Gasteiger partial charge in [-0.15, -0.1) is 0 Å². The van der Waals surface area contributed by atoms with Crippen LogP contribution in [0, 0.1) is 17.8 Å². The van der Waals surface area contributed by atoms with E-state index in [0.29, 0.717) is 24.6 Å². The lowest BCUT2D eigenvalue weighted by Crippen LogP contribution is -2.47. The number of para-hydroxylation sites is 3. The smallest absolute Gasteiger partial charge is 0.195 e. The number of ketones is 3. The Morgan fingerprint density at radius 3 is 1.05 bits per heavy atom. The van der Waals surface area contributed by atoms with Gasteiger partial charge in [-0.2, -0.15) is 0 Å². The summed E-state index contributed by atoms with van der Waals surface area (Å²) in [5.41, 5.74) is 6.23. The van der Waals surface area contributed by atoms with Crippen LogP contribution in [0.4, 0.5) is 0 Å². The van der Waals surface area contributed by atoms with Crippen LogP contribution in [0.5, 0.6) is 34.5 Å². The number of carbonyl (C=O) groups is 3. The van der Waals surface area contributed by atoms with Crippen molar-refractivity contribution in [2.75, 3.05) is 139 Å². The van der Waals surface area contributed by atoms with Crippen LogP contribution in [0.1, 0.15) is 101 Å². The van der Waals surface area contributed by atoms with Gasteiger partial charge in [0.05, 0.1) is 44.5 Å². The molecule has 0 N–H and O–H groups in total. The van der Waals surface area contributed by atoms with E-state index in [1.807, 2.05) is 152 Å². The largest absolute Gasteiger partial charge is 0.495 e. The zero-order valence-corrected chi connectivity index (χ0v) is 65.0. The highest BCUT2D eigenvalue weighted by molar-refractivity contribution is 6.31. The van der Waals surface area contributed by atoms with Crippen molar-refractivity contribution in [2.45, 2.75) is 83.8 Å². The average molecular weight is 1520 g/mol.